The molecule has 0 bridgehead atoms. The SMILES string of the molecule is CC(C)N(C)Cc1nnnn1CC(=O)N1CCN(Cc2cccnc2)CC1. The van der Waals surface area contributed by atoms with Crippen molar-refractivity contribution in [3.63, 3.8) is 0 Å². The van der Waals surface area contributed by atoms with Crippen molar-refractivity contribution in [1.82, 2.24) is 39.9 Å². The third kappa shape index (κ3) is 5.30. The zero-order valence-electron chi connectivity index (χ0n) is 16.3. The van der Waals surface area contributed by atoms with Crippen LogP contribution in [0, 0.1) is 0 Å². The van der Waals surface area contributed by atoms with Gasteiger partial charge in [-0.2, -0.15) is 0 Å². The Balaban J connectivity index is 1.49. The zero-order valence-corrected chi connectivity index (χ0v) is 16.3. The number of carbonyl (C=O) groups is 1. The minimum Gasteiger partial charge on any atom is -0.339 e. The highest BCUT2D eigenvalue weighted by molar-refractivity contribution is 5.76. The summed E-state index contributed by atoms with van der Waals surface area (Å²) in [5.41, 5.74) is 1.20. The third-order valence-electron chi connectivity index (χ3n) is 5.02. The molecule has 0 spiro atoms. The maximum absolute atomic E-state index is 12.7. The van der Waals surface area contributed by atoms with Gasteiger partial charge >= 0.3 is 0 Å². The fourth-order valence-corrected chi connectivity index (χ4v) is 3.00. The van der Waals surface area contributed by atoms with Crippen molar-refractivity contribution in [2.75, 3.05) is 33.2 Å². The highest BCUT2D eigenvalue weighted by atomic mass is 16.2. The van der Waals surface area contributed by atoms with Crippen LogP contribution in [-0.2, 0) is 24.4 Å². The van der Waals surface area contributed by atoms with Crippen molar-refractivity contribution in [2.24, 2.45) is 0 Å². The van der Waals surface area contributed by atoms with Crippen LogP contribution in [0.5, 0.6) is 0 Å². The molecule has 0 unspecified atom stereocenters. The van der Waals surface area contributed by atoms with Crippen molar-refractivity contribution in [2.45, 2.75) is 39.5 Å². The number of rotatable bonds is 7. The molecule has 9 nitrogen and oxygen atoms in total. The van der Waals surface area contributed by atoms with Gasteiger partial charge in [0.25, 0.3) is 0 Å². The average molecular weight is 372 g/mol. The minimum absolute atomic E-state index is 0.0665. The Morgan fingerprint density at radius 3 is 2.70 bits per heavy atom. The fourth-order valence-electron chi connectivity index (χ4n) is 3.00. The molecule has 0 N–H and O–H groups in total. The molecule has 146 valence electrons. The summed E-state index contributed by atoms with van der Waals surface area (Å²) >= 11 is 0. The maximum atomic E-state index is 12.7. The van der Waals surface area contributed by atoms with E-state index in [2.05, 4.69) is 50.2 Å². The molecule has 2 aromatic heterocycles. The standard InChI is InChI=1S/C18H28N8O/c1-15(2)23(3)13-17-20-21-22-26(17)14-18(27)25-9-7-24(8-10-25)12-16-5-4-6-19-11-16/h4-6,11,15H,7-10,12-14H2,1-3H3. The Labute approximate surface area is 160 Å². The maximum Gasteiger partial charge on any atom is 0.244 e. The highest BCUT2D eigenvalue weighted by Crippen LogP contribution is 2.09. The second-order valence-corrected chi connectivity index (χ2v) is 7.28. The molecular weight excluding hydrogens is 344 g/mol. The summed E-state index contributed by atoms with van der Waals surface area (Å²) in [7, 11) is 2.02. The van der Waals surface area contributed by atoms with E-state index in [0.717, 1.165) is 38.5 Å². The Hall–Kier alpha value is -2.39. The lowest BCUT2D eigenvalue weighted by Crippen LogP contribution is -2.49. The van der Waals surface area contributed by atoms with Gasteiger partial charge in [0, 0.05) is 51.2 Å². The lowest BCUT2D eigenvalue weighted by atomic mass is 10.2. The molecule has 1 aliphatic rings. The van der Waals surface area contributed by atoms with Gasteiger partial charge in [0.1, 0.15) is 6.54 Å². The molecular formula is C18H28N8O. The smallest absolute Gasteiger partial charge is 0.244 e. The molecule has 1 amide bonds. The number of nitrogens with zero attached hydrogens (tertiary/aromatic N) is 8. The number of tetrazole rings is 1. The van der Waals surface area contributed by atoms with Crippen LogP contribution in [-0.4, -0.2) is 85.1 Å². The van der Waals surface area contributed by atoms with E-state index in [1.807, 2.05) is 24.2 Å². The first-order chi connectivity index (χ1) is 13.0. The number of amides is 1. The molecule has 0 saturated carbocycles. The first-order valence-corrected chi connectivity index (χ1v) is 9.37. The summed E-state index contributed by atoms with van der Waals surface area (Å²) in [5, 5.41) is 11.8. The molecule has 1 saturated heterocycles. The van der Waals surface area contributed by atoms with Crippen LogP contribution >= 0.6 is 0 Å². The largest absolute Gasteiger partial charge is 0.339 e. The first kappa shape index (κ1) is 19.4. The molecule has 3 rings (SSSR count). The number of aromatic nitrogens is 5. The molecule has 1 aliphatic heterocycles. The highest BCUT2D eigenvalue weighted by Gasteiger charge is 2.23. The van der Waals surface area contributed by atoms with Gasteiger partial charge in [-0.05, 0) is 43.0 Å². The molecule has 3 heterocycles. The predicted octanol–water partition coefficient (Wildman–Crippen LogP) is 0.253. The van der Waals surface area contributed by atoms with E-state index in [-0.39, 0.29) is 12.5 Å². The normalized spacial score (nSPS) is 15.7. The van der Waals surface area contributed by atoms with Crippen LogP contribution in [0.3, 0.4) is 0 Å². The predicted molar refractivity (Wildman–Crippen MR) is 101 cm³/mol. The quantitative estimate of drug-likeness (QED) is 0.689. The number of hydrogen-bond donors (Lipinski definition) is 0. The Morgan fingerprint density at radius 1 is 1.26 bits per heavy atom. The molecule has 0 atom stereocenters. The van der Waals surface area contributed by atoms with Gasteiger partial charge in [-0.15, -0.1) is 5.10 Å². The second-order valence-electron chi connectivity index (χ2n) is 7.28. The summed E-state index contributed by atoms with van der Waals surface area (Å²) in [5.74, 6) is 0.784. The van der Waals surface area contributed by atoms with E-state index in [4.69, 9.17) is 0 Å². The molecule has 0 radical (unpaired) electrons. The van der Waals surface area contributed by atoms with E-state index in [0.29, 0.717) is 12.6 Å². The van der Waals surface area contributed by atoms with Crippen LogP contribution < -0.4 is 0 Å². The van der Waals surface area contributed by atoms with Gasteiger partial charge in [0.05, 0.1) is 6.54 Å². The van der Waals surface area contributed by atoms with E-state index in [9.17, 15) is 4.79 Å². The van der Waals surface area contributed by atoms with Crippen molar-refractivity contribution < 1.29 is 4.79 Å². The molecule has 1 fully saturated rings. The lowest BCUT2D eigenvalue weighted by Gasteiger charge is -2.34. The van der Waals surface area contributed by atoms with Gasteiger partial charge in [-0.25, -0.2) is 4.68 Å². The van der Waals surface area contributed by atoms with E-state index in [1.54, 1.807) is 10.9 Å². The fraction of sp³-hybridized carbons (Fsp3) is 0.611. The molecule has 0 aromatic carbocycles. The second kappa shape index (κ2) is 9.01. The number of hydrogen-bond acceptors (Lipinski definition) is 7. The van der Waals surface area contributed by atoms with Crippen LogP contribution in [0.4, 0.5) is 0 Å². The van der Waals surface area contributed by atoms with Crippen LogP contribution in [0.1, 0.15) is 25.2 Å². The summed E-state index contributed by atoms with van der Waals surface area (Å²) in [6.07, 6.45) is 3.68. The molecule has 2 aromatic rings. The van der Waals surface area contributed by atoms with Gasteiger partial charge in [0.15, 0.2) is 5.82 Å². The third-order valence-corrected chi connectivity index (χ3v) is 5.02. The topological polar surface area (TPSA) is 83.3 Å². The number of piperazine rings is 1. The number of carbonyl (C=O) groups excluding carboxylic acids is 1. The van der Waals surface area contributed by atoms with Crippen LogP contribution in [0.25, 0.3) is 0 Å². The van der Waals surface area contributed by atoms with E-state index in [1.165, 1.54) is 5.56 Å². The van der Waals surface area contributed by atoms with Crippen molar-refractivity contribution in [3.05, 3.63) is 35.9 Å². The van der Waals surface area contributed by atoms with E-state index < -0.39 is 0 Å². The van der Waals surface area contributed by atoms with Crippen molar-refractivity contribution in [1.29, 1.82) is 0 Å². The zero-order chi connectivity index (χ0) is 19.2. The van der Waals surface area contributed by atoms with E-state index >= 15 is 0 Å². The monoisotopic (exact) mass is 372 g/mol. The van der Waals surface area contributed by atoms with Crippen LogP contribution in [0.2, 0.25) is 0 Å². The summed E-state index contributed by atoms with van der Waals surface area (Å²) in [6.45, 7) is 9.08. The molecule has 0 aliphatic carbocycles. The Kier molecular flexibility index (Phi) is 6.46. The number of pyridine rings is 1. The Bertz CT molecular complexity index is 724. The van der Waals surface area contributed by atoms with Gasteiger partial charge < -0.3 is 4.90 Å². The Morgan fingerprint density at radius 2 is 2.04 bits per heavy atom. The minimum atomic E-state index is 0.0665. The van der Waals surface area contributed by atoms with Gasteiger partial charge in [-0.3, -0.25) is 19.6 Å². The van der Waals surface area contributed by atoms with Crippen LogP contribution in [0.15, 0.2) is 24.5 Å². The lowest BCUT2D eigenvalue weighted by molar-refractivity contribution is -0.133. The molecule has 27 heavy (non-hydrogen) atoms. The van der Waals surface area contributed by atoms with Gasteiger partial charge in [-0.1, -0.05) is 6.07 Å². The summed E-state index contributed by atoms with van der Waals surface area (Å²) in [6, 6.07) is 4.42. The van der Waals surface area contributed by atoms with Crippen molar-refractivity contribution >= 4 is 5.91 Å². The van der Waals surface area contributed by atoms with Crippen molar-refractivity contribution in [3.8, 4) is 0 Å². The average Bonchev–Trinajstić information content (AvgIpc) is 3.09. The summed E-state index contributed by atoms with van der Waals surface area (Å²) < 4.78 is 1.61. The molecule has 9 heteroatoms. The van der Waals surface area contributed by atoms with Gasteiger partial charge in [0.2, 0.25) is 5.91 Å². The first-order valence-electron chi connectivity index (χ1n) is 9.37. The summed E-state index contributed by atoms with van der Waals surface area (Å²) in [4.78, 5) is 23.2.